The number of hydrogen-bond acceptors (Lipinski definition) is 4. The molecule has 1 aromatic carbocycles. The molecule has 2 saturated carbocycles. The minimum atomic E-state index is -0.681. The zero-order valence-electron chi connectivity index (χ0n) is 19.3. The summed E-state index contributed by atoms with van der Waals surface area (Å²) in [6.45, 7) is 3.10. The maximum Gasteiger partial charge on any atom is 0.255 e. The van der Waals surface area contributed by atoms with E-state index in [0.29, 0.717) is 36.8 Å². The molecule has 1 saturated heterocycles. The minimum absolute atomic E-state index is 0.0297. The van der Waals surface area contributed by atoms with Gasteiger partial charge in [-0.05, 0) is 49.4 Å². The number of nitrogens with one attached hydrogen (secondary N) is 1. The van der Waals surface area contributed by atoms with Crippen LogP contribution in [0.5, 0.6) is 0 Å². The topological polar surface area (TPSA) is 77.9 Å². The van der Waals surface area contributed by atoms with Crippen LogP contribution in [0.15, 0.2) is 53.8 Å². The van der Waals surface area contributed by atoms with Crippen molar-refractivity contribution in [2.75, 3.05) is 32.7 Å². The van der Waals surface area contributed by atoms with Gasteiger partial charge in [-0.1, -0.05) is 36.6 Å². The van der Waals surface area contributed by atoms with Crippen LogP contribution in [0.25, 0.3) is 0 Å². The van der Waals surface area contributed by atoms with Crippen molar-refractivity contribution >= 4 is 29.3 Å². The van der Waals surface area contributed by atoms with E-state index in [1.54, 1.807) is 24.5 Å². The molecular formula is C26H30ClN5O2. The number of amides is 2. The van der Waals surface area contributed by atoms with Crippen LogP contribution in [0.4, 0.5) is 0 Å². The fraction of sp³-hybridized carbons (Fsp3) is 0.462. The Hall–Kier alpha value is -2.93. The quantitative estimate of drug-likeness (QED) is 0.487. The molecule has 1 N–H and O–H groups in total. The highest BCUT2D eigenvalue weighted by Gasteiger charge is 2.51. The lowest BCUT2D eigenvalue weighted by Crippen LogP contribution is -2.51. The number of aromatic nitrogens is 1. The van der Waals surface area contributed by atoms with E-state index in [-0.39, 0.29) is 11.8 Å². The first-order valence-electron chi connectivity index (χ1n) is 12.1. The molecule has 0 radical (unpaired) electrons. The molecule has 3 fully saturated rings. The molecule has 2 amide bonds. The molecule has 8 heteroatoms. The second kappa shape index (κ2) is 9.74. The third-order valence-corrected chi connectivity index (χ3v) is 7.22. The third-order valence-electron chi connectivity index (χ3n) is 6.89. The number of aliphatic imine (C=N–C) groups is 1. The smallest absolute Gasteiger partial charge is 0.255 e. The molecule has 3 aliphatic rings. The summed E-state index contributed by atoms with van der Waals surface area (Å²) in [5, 5.41) is 3.58. The Kier molecular flexibility index (Phi) is 6.55. The molecule has 2 heterocycles. The summed E-state index contributed by atoms with van der Waals surface area (Å²) in [5.74, 6) is 1.54. The Bertz CT molecular complexity index is 1070. The lowest BCUT2D eigenvalue weighted by Gasteiger charge is -2.37. The van der Waals surface area contributed by atoms with Crippen LogP contribution in [-0.4, -0.2) is 70.7 Å². The number of rotatable bonds is 7. The van der Waals surface area contributed by atoms with Gasteiger partial charge < -0.3 is 15.1 Å². The van der Waals surface area contributed by atoms with Crippen molar-refractivity contribution in [2.24, 2.45) is 10.9 Å². The first-order valence-corrected chi connectivity index (χ1v) is 12.5. The van der Waals surface area contributed by atoms with E-state index >= 15 is 0 Å². The molecule has 1 aromatic heterocycles. The molecule has 0 spiro atoms. The summed E-state index contributed by atoms with van der Waals surface area (Å²) in [7, 11) is 0. The van der Waals surface area contributed by atoms with Gasteiger partial charge in [-0.3, -0.25) is 19.6 Å². The normalized spacial score (nSPS) is 19.6. The van der Waals surface area contributed by atoms with Gasteiger partial charge in [-0.25, -0.2) is 0 Å². The Morgan fingerprint density at radius 2 is 1.79 bits per heavy atom. The summed E-state index contributed by atoms with van der Waals surface area (Å²) in [6.07, 6.45) is 8.68. The SMILES string of the molecule is O=C(c1ccccc1Cl)N1CCN(/C(=N/C2(C(=O)NCCC3CC3)CC2)c2cccnc2)CC1. The van der Waals surface area contributed by atoms with Crippen molar-refractivity contribution in [3.05, 3.63) is 64.9 Å². The van der Waals surface area contributed by atoms with E-state index in [1.807, 2.05) is 29.2 Å². The number of halogens is 1. The van der Waals surface area contributed by atoms with E-state index in [1.165, 1.54) is 12.8 Å². The molecule has 1 aliphatic heterocycles. The number of hydrogen-bond donors (Lipinski definition) is 1. The van der Waals surface area contributed by atoms with Crippen LogP contribution in [0.3, 0.4) is 0 Å². The van der Waals surface area contributed by atoms with Crippen LogP contribution in [0, 0.1) is 5.92 Å². The predicted octanol–water partition coefficient (Wildman–Crippen LogP) is 3.39. The van der Waals surface area contributed by atoms with E-state index in [2.05, 4.69) is 15.2 Å². The van der Waals surface area contributed by atoms with Crippen molar-refractivity contribution in [3.63, 3.8) is 0 Å². The minimum Gasteiger partial charge on any atom is -0.354 e. The second-order valence-corrected chi connectivity index (χ2v) is 9.86. The lowest BCUT2D eigenvalue weighted by atomic mass is 10.1. The standard InChI is InChI=1S/C26H30ClN5O2/c27-22-6-2-1-5-21(22)24(33)32-16-14-31(15-17-32)23(20-4-3-12-28-18-20)30-26(10-11-26)25(34)29-13-9-19-7-8-19/h1-6,12,18-19H,7-11,13-17H2,(H,29,34)/b30-23+. The molecule has 0 atom stereocenters. The molecule has 7 nitrogen and oxygen atoms in total. The van der Waals surface area contributed by atoms with Gasteiger partial charge in [-0.15, -0.1) is 0 Å². The van der Waals surface area contributed by atoms with Gasteiger partial charge in [0.25, 0.3) is 5.91 Å². The molecular weight excluding hydrogens is 450 g/mol. The van der Waals surface area contributed by atoms with Gasteiger partial charge in [0, 0.05) is 50.7 Å². The van der Waals surface area contributed by atoms with Gasteiger partial charge >= 0.3 is 0 Å². The third kappa shape index (κ3) is 5.09. The summed E-state index contributed by atoms with van der Waals surface area (Å²) in [5.41, 5.74) is 0.739. The molecule has 34 heavy (non-hydrogen) atoms. The average Bonchev–Trinajstić information content (AvgIpc) is 3.80. The predicted molar refractivity (Wildman–Crippen MR) is 132 cm³/mol. The maximum atomic E-state index is 13.0. The van der Waals surface area contributed by atoms with Crippen molar-refractivity contribution < 1.29 is 9.59 Å². The van der Waals surface area contributed by atoms with Gasteiger partial charge in [0.15, 0.2) is 0 Å². The zero-order chi connectivity index (χ0) is 23.5. The number of pyridine rings is 1. The number of carbonyl (C=O) groups excluding carboxylic acids is 2. The molecule has 5 rings (SSSR count). The number of benzene rings is 1. The van der Waals surface area contributed by atoms with Crippen LogP contribution >= 0.6 is 11.6 Å². The summed E-state index contributed by atoms with van der Waals surface area (Å²) in [6, 6.07) is 11.0. The van der Waals surface area contributed by atoms with Crippen molar-refractivity contribution in [1.29, 1.82) is 0 Å². The highest BCUT2D eigenvalue weighted by atomic mass is 35.5. The van der Waals surface area contributed by atoms with Crippen LogP contribution in [0.2, 0.25) is 5.02 Å². The number of nitrogens with zero attached hydrogens (tertiary/aromatic N) is 4. The largest absolute Gasteiger partial charge is 0.354 e. The van der Waals surface area contributed by atoms with E-state index in [9.17, 15) is 9.59 Å². The molecule has 2 aliphatic carbocycles. The van der Waals surface area contributed by atoms with Crippen LogP contribution in [0.1, 0.15) is 48.0 Å². The highest BCUT2D eigenvalue weighted by Crippen LogP contribution is 2.41. The van der Waals surface area contributed by atoms with Gasteiger partial charge in [0.1, 0.15) is 11.4 Å². The fourth-order valence-corrected chi connectivity index (χ4v) is 4.63. The second-order valence-electron chi connectivity index (χ2n) is 9.46. The molecule has 178 valence electrons. The van der Waals surface area contributed by atoms with E-state index in [4.69, 9.17) is 16.6 Å². The van der Waals surface area contributed by atoms with Crippen LogP contribution < -0.4 is 5.32 Å². The Labute approximate surface area is 205 Å². The van der Waals surface area contributed by atoms with Crippen molar-refractivity contribution in [1.82, 2.24) is 20.1 Å². The maximum absolute atomic E-state index is 13.0. The zero-order valence-corrected chi connectivity index (χ0v) is 20.0. The van der Waals surface area contributed by atoms with Crippen molar-refractivity contribution in [2.45, 2.75) is 37.6 Å². The van der Waals surface area contributed by atoms with Gasteiger partial charge in [-0.2, -0.15) is 0 Å². The fourth-order valence-electron chi connectivity index (χ4n) is 4.41. The lowest BCUT2D eigenvalue weighted by molar-refractivity contribution is -0.123. The van der Waals surface area contributed by atoms with E-state index < -0.39 is 5.54 Å². The molecule has 0 unspecified atom stereocenters. The Balaban J connectivity index is 1.30. The summed E-state index contributed by atoms with van der Waals surface area (Å²) < 4.78 is 0. The van der Waals surface area contributed by atoms with Crippen LogP contribution in [-0.2, 0) is 4.79 Å². The first kappa shape index (κ1) is 22.8. The van der Waals surface area contributed by atoms with Gasteiger partial charge in [0.2, 0.25) is 5.91 Å². The number of amidine groups is 1. The monoisotopic (exact) mass is 479 g/mol. The average molecular weight is 480 g/mol. The molecule has 2 aromatic rings. The van der Waals surface area contributed by atoms with E-state index in [0.717, 1.165) is 43.1 Å². The number of piperazine rings is 1. The molecule has 0 bridgehead atoms. The number of carbonyl (C=O) groups is 2. The summed E-state index contributed by atoms with van der Waals surface area (Å²) in [4.78, 5) is 39.3. The Morgan fingerprint density at radius 1 is 1.06 bits per heavy atom. The summed E-state index contributed by atoms with van der Waals surface area (Å²) >= 11 is 6.24. The highest BCUT2D eigenvalue weighted by molar-refractivity contribution is 6.33. The Morgan fingerprint density at radius 3 is 2.44 bits per heavy atom. The first-order chi connectivity index (χ1) is 16.6. The van der Waals surface area contributed by atoms with Crippen molar-refractivity contribution in [3.8, 4) is 0 Å². The van der Waals surface area contributed by atoms with Gasteiger partial charge in [0.05, 0.1) is 10.6 Å².